The lowest BCUT2D eigenvalue weighted by atomic mass is 10.2. The summed E-state index contributed by atoms with van der Waals surface area (Å²) in [4.78, 5) is 16.7. The first-order chi connectivity index (χ1) is 15.0. The van der Waals surface area contributed by atoms with E-state index in [0.29, 0.717) is 29.8 Å². The van der Waals surface area contributed by atoms with E-state index in [2.05, 4.69) is 24.8 Å². The molecule has 0 saturated heterocycles. The molecule has 3 heterocycles. The average molecular weight is 439 g/mol. The molecule has 4 aromatic rings. The third-order valence-electron chi connectivity index (χ3n) is 4.68. The lowest BCUT2D eigenvalue weighted by molar-refractivity contribution is 0.102. The van der Waals surface area contributed by atoms with Crippen LogP contribution in [0.2, 0.25) is 0 Å². The first-order valence-corrected chi connectivity index (χ1v) is 10.8. The molecule has 0 N–H and O–H groups in total. The average Bonchev–Trinajstić information content (AvgIpc) is 3.49. The maximum absolute atomic E-state index is 12.9. The summed E-state index contributed by atoms with van der Waals surface area (Å²) in [5, 5.41) is 12.3. The van der Waals surface area contributed by atoms with E-state index in [1.165, 1.54) is 18.1 Å². The Morgan fingerprint density at radius 3 is 2.71 bits per heavy atom. The molecule has 160 valence electrons. The summed E-state index contributed by atoms with van der Waals surface area (Å²) in [6.45, 7) is 6.85. The fourth-order valence-corrected chi connectivity index (χ4v) is 3.98. The smallest absolute Gasteiger partial charge is 0.277 e. The van der Waals surface area contributed by atoms with E-state index in [-0.39, 0.29) is 11.5 Å². The van der Waals surface area contributed by atoms with Gasteiger partial charge in [0, 0.05) is 22.6 Å². The van der Waals surface area contributed by atoms with Gasteiger partial charge in [0.1, 0.15) is 24.9 Å². The number of nitrogens with zero attached hydrogens (tertiary/aromatic N) is 6. The molecular weight excluding hydrogens is 416 g/mol. The molecule has 0 aliphatic rings. The van der Waals surface area contributed by atoms with Gasteiger partial charge in [0.2, 0.25) is 5.89 Å². The van der Waals surface area contributed by atoms with Gasteiger partial charge in [-0.15, -0.1) is 10.2 Å². The van der Waals surface area contributed by atoms with Gasteiger partial charge in [0.05, 0.1) is 12.4 Å². The Kier molecular flexibility index (Phi) is 6.17. The summed E-state index contributed by atoms with van der Waals surface area (Å²) in [7, 11) is 0. The van der Waals surface area contributed by atoms with Crippen molar-refractivity contribution in [3.63, 3.8) is 0 Å². The van der Waals surface area contributed by atoms with Gasteiger partial charge in [0.25, 0.3) is 5.22 Å². The molecule has 0 saturated carbocycles. The highest BCUT2D eigenvalue weighted by molar-refractivity contribution is 7.99. The van der Waals surface area contributed by atoms with Gasteiger partial charge in [0.15, 0.2) is 5.78 Å². The zero-order valence-corrected chi connectivity index (χ0v) is 18.3. The summed E-state index contributed by atoms with van der Waals surface area (Å²) in [5.41, 5.74) is 3.55. The normalized spacial score (nSPS) is 11.1. The van der Waals surface area contributed by atoms with Gasteiger partial charge < -0.3 is 13.7 Å². The zero-order valence-electron chi connectivity index (χ0n) is 17.5. The van der Waals surface area contributed by atoms with Crippen LogP contribution in [-0.2, 0) is 6.54 Å². The van der Waals surface area contributed by atoms with Crippen LogP contribution in [0.25, 0.3) is 5.69 Å². The molecule has 31 heavy (non-hydrogen) atoms. The first kappa shape index (κ1) is 20.9. The van der Waals surface area contributed by atoms with E-state index < -0.39 is 0 Å². The van der Waals surface area contributed by atoms with Crippen LogP contribution in [0.4, 0.5) is 0 Å². The number of thioether (sulfide) groups is 1. The summed E-state index contributed by atoms with van der Waals surface area (Å²) in [5.74, 6) is 1.45. The van der Waals surface area contributed by atoms with Crippen molar-refractivity contribution in [3.05, 3.63) is 65.8 Å². The number of hydrogen-bond acceptors (Lipinski definition) is 8. The monoisotopic (exact) mass is 438 g/mol. The molecule has 0 spiro atoms. The number of Topliss-reactive ketones (excluding diaryl/α,β-unsaturated/α-hetero) is 1. The molecule has 0 fully saturated rings. The molecule has 10 heteroatoms. The molecule has 0 unspecified atom stereocenters. The van der Waals surface area contributed by atoms with Crippen LogP contribution in [0, 0.1) is 13.8 Å². The maximum atomic E-state index is 12.9. The Morgan fingerprint density at radius 2 is 2.00 bits per heavy atom. The van der Waals surface area contributed by atoms with Gasteiger partial charge in [-0.05, 0) is 51.1 Å². The lowest BCUT2D eigenvalue weighted by Gasteiger charge is -2.11. The third-order valence-corrected chi connectivity index (χ3v) is 5.49. The standard InChI is InChI=1S/C21H22N6O3S/c1-4-29-17-7-5-16(6-8-17)27-14(2)9-18(15(27)3)19(28)11-31-21-25-24-20(30-21)10-26-13-22-12-23-26/h5-9,12-13H,4,10-11H2,1-3H3. The van der Waals surface area contributed by atoms with Crippen molar-refractivity contribution >= 4 is 17.5 Å². The Bertz CT molecular complexity index is 1160. The van der Waals surface area contributed by atoms with E-state index in [1.54, 1.807) is 11.0 Å². The van der Waals surface area contributed by atoms with Crippen LogP contribution >= 0.6 is 11.8 Å². The van der Waals surface area contributed by atoms with Crippen LogP contribution in [0.3, 0.4) is 0 Å². The minimum Gasteiger partial charge on any atom is -0.494 e. The minimum atomic E-state index is 0.00585. The maximum Gasteiger partial charge on any atom is 0.277 e. The van der Waals surface area contributed by atoms with E-state index in [9.17, 15) is 4.79 Å². The van der Waals surface area contributed by atoms with Crippen LogP contribution < -0.4 is 4.74 Å². The van der Waals surface area contributed by atoms with Crippen LogP contribution in [0.5, 0.6) is 5.75 Å². The topological polar surface area (TPSA) is 101 Å². The molecule has 1 aromatic carbocycles. The summed E-state index contributed by atoms with van der Waals surface area (Å²) >= 11 is 1.22. The molecule has 0 atom stereocenters. The quantitative estimate of drug-likeness (QED) is 0.289. The fourth-order valence-electron chi connectivity index (χ4n) is 3.32. The number of carbonyl (C=O) groups excluding carboxylic acids is 1. The second kappa shape index (κ2) is 9.17. The molecular formula is C21H22N6O3S. The highest BCUT2D eigenvalue weighted by Crippen LogP contribution is 2.25. The lowest BCUT2D eigenvalue weighted by Crippen LogP contribution is -2.05. The molecule has 0 aliphatic carbocycles. The molecule has 0 amide bonds. The number of ketones is 1. The van der Waals surface area contributed by atoms with E-state index in [0.717, 1.165) is 22.8 Å². The van der Waals surface area contributed by atoms with Crippen molar-refractivity contribution in [1.29, 1.82) is 0 Å². The minimum absolute atomic E-state index is 0.00585. The summed E-state index contributed by atoms with van der Waals surface area (Å²) in [6.07, 6.45) is 3.01. The van der Waals surface area contributed by atoms with Gasteiger partial charge in [-0.2, -0.15) is 5.10 Å². The number of benzene rings is 1. The highest BCUT2D eigenvalue weighted by Gasteiger charge is 2.18. The molecule has 0 bridgehead atoms. The molecule has 9 nitrogen and oxygen atoms in total. The zero-order chi connectivity index (χ0) is 21.8. The van der Waals surface area contributed by atoms with Crippen molar-refractivity contribution in [3.8, 4) is 11.4 Å². The Hall–Kier alpha value is -3.40. The van der Waals surface area contributed by atoms with Gasteiger partial charge >= 0.3 is 0 Å². The van der Waals surface area contributed by atoms with Crippen LogP contribution in [-0.4, -0.2) is 47.7 Å². The number of aryl methyl sites for hydroxylation is 1. The predicted octanol–water partition coefficient (Wildman–Crippen LogP) is 3.49. The number of hydrogen-bond donors (Lipinski definition) is 0. The number of ether oxygens (including phenoxy) is 1. The highest BCUT2D eigenvalue weighted by atomic mass is 32.2. The van der Waals surface area contributed by atoms with Gasteiger partial charge in [-0.3, -0.25) is 4.79 Å². The van der Waals surface area contributed by atoms with Crippen LogP contribution in [0.15, 0.2) is 52.6 Å². The van der Waals surface area contributed by atoms with E-state index in [4.69, 9.17) is 9.15 Å². The van der Waals surface area contributed by atoms with Crippen molar-refractivity contribution in [2.75, 3.05) is 12.4 Å². The summed E-state index contributed by atoms with van der Waals surface area (Å²) < 4.78 is 14.7. The number of carbonyl (C=O) groups is 1. The molecule has 4 rings (SSSR count). The van der Waals surface area contributed by atoms with Crippen molar-refractivity contribution in [1.82, 2.24) is 29.5 Å². The number of aromatic nitrogens is 6. The number of rotatable bonds is 9. The van der Waals surface area contributed by atoms with Crippen LogP contribution in [0.1, 0.15) is 34.6 Å². The fraction of sp³-hybridized carbons (Fsp3) is 0.286. The SMILES string of the molecule is CCOc1ccc(-n2c(C)cc(C(=O)CSc3nnc(Cn4cncn4)o3)c2C)cc1. The van der Waals surface area contributed by atoms with Crippen molar-refractivity contribution < 1.29 is 13.9 Å². The Morgan fingerprint density at radius 1 is 1.19 bits per heavy atom. The van der Waals surface area contributed by atoms with E-state index >= 15 is 0 Å². The van der Waals surface area contributed by atoms with Crippen molar-refractivity contribution in [2.45, 2.75) is 32.5 Å². The Labute approximate surface area is 183 Å². The van der Waals surface area contributed by atoms with Crippen molar-refractivity contribution in [2.24, 2.45) is 0 Å². The largest absolute Gasteiger partial charge is 0.494 e. The predicted molar refractivity (Wildman–Crippen MR) is 115 cm³/mol. The molecule has 3 aromatic heterocycles. The molecule has 0 aliphatic heterocycles. The third kappa shape index (κ3) is 4.69. The second-order valence-electron chi connectivity index (χ2n) is 6.81. The Balaban J connectivity index is 1.43. The van der Waals surface area contributed by atoms with E-state index in [1.807, 2.05) is 51.1 Å². The first-order valence-electron chi connectivity index (χ1n) is 9.78. The summed E-state index contributed by atoms with van der Waals surface area (Å²) in [6, 6.07) is 9.76. The second-order valence-corrected chi connectivity index (χ2v) is 7.74. The van der Waals surface area contributed by atoms with Gasteiger partial charge in [-0.1, -0.05) is 11.8 Å². The molecule has 0 radical (unpaired) electrons. The van der Waals surface area contributed by atoms with Gasteiger partial charge in [-0.25, -0.2) is 9.67 Å².